The van der Waals surface area contributed by atoms with E-state index < -0.39 is 12.0 Å². The summed E-state index contributed by atoms with van der Waals surface area (Å²) < 4.78 is 23.2. The fourth-order valence-corrected chi connectivity index (χ4v) is 6.89. The molecular formula is C38H66LiN3O7-2. The van der Waals surface area contributed by atoms with Crippen molar-refractivity contribution >= 4 is 17.9 Å². The molecule has 278 valence electrons. The van der Waals surface area contributed by atoms with Gasteiger partial charge in [0.25, 0.3) is 0 Å². The van der Waals surface area contributed by atoms with E-state index in [1.54, 1.807) is 7.11 Å². The zero-order chi connectivity index (χ0) is 35.1. The molecule has 11 heteroatoms. The van der Waals surface area contributed by atoms with E-state index in [0.717, 1.165) is 31.3 Å². The Balaban J connectivity index is 0.0000115. The average Bonchev–Trinajstić information content (AvgIpc) is 3.71. The number of allylic oxidation sites excluding steroid dienone is 3. The molecule has 2 N–H and O–H groups in total. The Morgan fingerprint density at radius 2 is 1.80 bits per heavy atom. The third-order valence-corrected chi connectivity index (χ3v) is 9.74. The third kappa shape index (κ3) is 15.1. The van der Waals surface area contributed by atoms with Crippen LogP contribution in [0.3, 0.4) is 0 Å². The van der Waals surface area contributed by atoms with Crippen LogP contribution in [0.2, 0.25) is 0 Å². The molecule has 0 aromatic rings. The van der Waals surface area contributed by atoms with E-state index in [4.69, 9.17) is 18.9 Å². The molecule has 0 spiro atoms. The predicted octanol–water partition coefficient (Wildman–Crippen LogP) is 3.27. The summed E-state index contributed by atoms with van der Waals surface area (Å²) in [5.74, 6) is 0.338. The van der Waals surface area contributed by atoms with Crippen molar-refractivity contribution in [2.75, 3.05) is 33.9 Å². The molecule has 2 rings (SSSR count). The Hall–Kier alpha value is -1.83. The number of nitrogens with zero attached hydrogens (tertiary/aromatic N) is 1. The van der Waals surface area contributed by atoms with Crippen molar-refractivity contribution in [2.24, 2.45) is 17.8 Å². The molecule has 0 aromatic heterocycles. The molecule has 2 fully saturated rings. The van der Waals surface area contributed by atoms with Crippen molar-refractivity contribution in [1.29, 1.82) is 0 Å². The summed E-state index contributed by atoms with van der Waals surface area (Å²) in [5, 5.41) is 5.67. The van der Waals surface area contributed by atoms with Gasteiger partial charge in [0.05, 0.1) is 43.5 Å². The van der Waals surface area contributed by atoms with Crippen LogP contribution in [0.4, 0.5) is 4.79 Å². The van der Waals surface area contributed by atoms with Gasteiger partial charge in [-0.1, -0.05) is 45.9 Å². The van der Waals surface area contributed by atoms with Gasteiger partial charge in [0.1, 0.15) is 6.04 Å². The summed E-state index contributed by atoms with van der Waals surface area (Å²) in [6.45, 7) is 21.6. The molecule has 0 radical (unpaired) electrons. The normalized spacial score (nSPS) is 26.0. The fraction of sp³-hybridized carbons (Fsp3) is 0.737. The van der Waals surface area contributed by atoms with E-state index >= 15 is 0 Å². The molecule has 0 bridgehead atoms. The minimum absolute atomic E-state index is 0. The standard InChI is InChI=1S/C37H63N3O7.CH3.Li/c1-11-31(44-9)28(7)34-37(8,47-34)24-25(4)17-16-18-26(5)33-27(6)20-21-29(46-33)23-32(41)39-30(35(42)45-10)19-14-15-22-38-36(43)40(12-2)13-3;;/h16-18,25,27-31,33-34H,2-3,11-15,19-24H2,1,4-10H3,(H,38,43)(H,39,41);1H3;/q-2;-1;+1/b17-16+,26-18+;;/t25-,27+,28-,29-,30-,31+,33-,34-,37-;;/m1../s1. The van der Waals surface area contributed by atoms with E-state index in [1.807, 2.05) is 0 Å². The smallest absolute Gasteiger partial charge is 0.467 e. The SMILES string of the molecule is [CH2-]CN(C[CH2-])C(=O)NCCCC[C@@H](NC(=O)C[C@H]1CC[C@H](C)[C@@H](/C(C)=C/C=C/[C@@H](C)C[C@@]2(C)O[C@@H]2[C@H](C)[C@H](CC)OC)O1)C(=O)OC.[CH3-].[Li+]. The maximum absolute atomic E-state index is 13.0. The van der Waals surface area contributed by atoms with Gasteiger partial charge in [-0.3, -0.25) is 4.79 Å². The number of urea groups is 1. The van der Waals surface area contributed by atoms with Crippen LogP contribution >= 0.6 is 0 Å². The Morgan fingerprint density at radius 3 is 2.39 bits per heavy atom. The number of hydrogen-bond donors (Lipinski definition) is 2. The van der Waals surface area contributed by atoms with Gasteiger partial charge in [0.15, 0.2) is 0 Å². The van der Waals surface area contributed by atoms with Crippen molar-refractivity contribution in [3.63, 3.8) is 0 Å². The maximum Gasteiger partial charge on any atom is 1.00 e. The molecule has 0 saturated carbocycles. The number of ether oxygens (including phenoxy) is 4. The molecule has 49 heavy (non-hydrogen) atoms. The van der Waals surface area contributed by atoms with Gasteiger partial charge in [0, 0.05) is 19.6 Å². The number of esters is 1. The van der Waals surface area contributed by atoms with Crippen LogP contribution in [0.15, 0.2) is 23.8 Å². The van der Waals surface area contributed by atoms with E-state index in [-0.39, 0.29) is 74.7 Å². The Labute approximate surface area is 310 Å². The Morgan fingerprint density at radius 1 is 1.12 bits per heavy atom. The molecule has 0 unspecified atom stereocenters. The van der Waals surface area contributed by atoms with E-state index in [2.05, 4.69) is 84.3 Å². The largest absolute Gasteiger partial charge is 1.00 e. The van der Waals surface area contributed by atoms with Gasteiger partial charge in [0.2, 0.25) is 5.91 Å². The minimum Gasteiger partial charge on any atom is -0.467 e. The molecule has 2 saturated heterocycles. The van der Waals surface area contributed by atoms with Crippen molar-refractivity contribution in [3.05, 3.63) is 45.1 Å². The number of epoxide rings is 1. The number of rotatable bonds is 20. The Kier molecular flexibility index (Phi) is 22.7. The number of hydrogen-bond acceptors (Lipinski definition) is 7. The van der Waals surface area contributed by atoms with Gasteiger partial charge in [-0.2, -0.15) is 0 Å². The van der Waals surface area contributed by atoms with Crippen LogP contribution in [0.1, 0.15) is 92.9 Å². The van der Waals surface area contributed by atoms with Crippen LogP contribution in [0.25, 0.3) is 0 Å². The first-order valence-corrected chi connectivity index (χ1v) is 17.5. The zero-order valence-electron chi connectivity index (χ0n) is 32.3. The molecule has 0 aliphatic carbocycles. The molecule has 10 nitrogen and oxygen atoms in total. The van der Waals surface area contributed by atoms with E-state index in [9.17, 15) is 14.4 Å². The first-order valence-electron chi connectivity index (χ1n) is 17.5. The Bertz CT molecular complexity index is 1050. The zero-order valence-corrected chi connectivity index (χ0v) is 32.3. The molecule has 3 amide bonds. The van der Waals surface area contributed by atoms with Crippen molar-refractivity contribution in [2.45, 2.75) is 129 Å². The van der Waals surface area contributed by atoms with Crippen molar-refractivity contribution in [1.82, 2.24) is 15.5 Å². The second-order valence-corrected chi connectivity index (χ2v) is 13.7. The molecule has 0 aromatic carbocycles. The van der Waals surface area contributed by atoms with Crippen LogP contribution in [-0.2, 0) is 28.5 Å². The molecule has 2 aliphatic rings. The number of nitrogens with one attached hydrogen (secondary N) is 2. The summed E-state index contributed by atoms with van der Waals surface area (Å²) >= 11 is 0. The van der Waals surface area contributed by atoms with E-state index in [1.165, 1.54) is 12.0 Å². The minimum atomic E-state index is -0.749. The molecule has 2 heterocycles. The monoisotopic (exact) mass is 684 g/mol. The van der Waals surface area contributed by atoms with Crippen LogP contribution in [0, 0.1) is 39.0 Å². The number of amides is 3. The first-order chi connectivity index (χ1) is 22.3. The van der Waals surface area contributed by atoms with E-state index in [0.29, 0.717) is 56.7 Å². The summed E-state index contributed by atoms with van der Waals surface area (Å²) in [4.78, 5) is 39.0. The van der Waals surface area contributed by atoms with Gasteiger partial charge in [-0.15, -0.1) is 13.1 Å². The van der Waals surface area contributed by atoms with Crippen LogP contribution in [0.5, 0.6) is 0 Å². The summed E-state index contributed by atoms with van der Waals surface area (Å²) in [6.07, 6.45) is 12.1. The van der Waals surface area contributed by atoms with Gasteiger partial charge < -0.3 is 55.8 Å². The molecule has 2 aliphatic heterocycles. The topological polar surface area (TPSA) is 119 Å². The third-order valence-electron chi connectivity index (χ3n) is 9.74. The fourth-order valence-electron chi connectivity index (χ4n) is 6.89. The summed E-state index contributed by atoms with van der Waals surface area (Å²) in [5.41, 5.74) is 1.01. The van der Waals surface area contributed by atoms with Crippen molar-refractivity contribution in [3.8, 4) is 0 Å². The second-order valence-electron chi connectivity index (χ2n) is 13.7. The first kappa shape index (κ1) is 47.2. The number of carbonyl (C=O) groups is 3. The van der Waals surface area contributed by atoms with Gasteiger partial charge >= 0.3 is 30.9 Å². The van der Waals surface area contributed by atoms with Crippen LogP contribution in [-0.4, -0.2) is 92.7 Å². The molecule has 9 atom stereocenters. The number of methoxy groups -OCH3 is 2. The van der Waals surface area contributed by atoms with Gasteiger partial charge in [-0.25, -0.2) is 9.59 Å². The summed E-state index contributed by atoms with van der Waals surface area (Å²) in [6, 6.07) is -0.963. The quantitative estimate of drug-likeness (QED) is 0.0505. The second kappa shape index (κ2) is 23.6. The number of unbranched alkanes of at least 4 members (excludes halogenated alkanes) is 1. The van der Waals surface area contributed by atoms with Crippen molar-refractivity contribution < 1.29 is 52.2 Å². The predicted molar refractivity (Wildman–Crippen MR) is 192 cm³/mol. The molecular weight excluding hydrogens is 617 g/mol. The van der Waals surface area contributed by atoms with Gasteiger partial charge in [-0.05, 0) is 76.2 Å². The summed E-state index contributed by atoms with van der Waals surface area (Å²) in [7, 11) is 3.09. The average molecular weight is 684 g/mol. The maximum atomic E-state index is 13.0. The number of carbonyl (C=O) groups excluding carboxylic acids is 3. The van der Waals surface area contributed by atoms with Crippen LogP contribution < -0.4 is 29.5 Å².